The van der Waals surface area contributed by atoms with E-state index in [0.717, 1.165) is 42.5 Å². The summed E-state index contributed by atoms with van der Waals surface area (Å²) in [5.41, 5.74) is 4.05. The molecule has 0 fully saturated rings. The largest absolute Gasteiger partial charge is 0.331 e. The minimum Gasteiger partial charge on any atom is -0.331 e. The molecule has 1 aliphatic rings. The number of benzene rings is 2. The number of aromatic nitrogens is 2. The van der Waals surface area contributed by atoms with E-state index in [4.69, 9.17) is 0 Å². The van der Waals surface area contributed by atoms with Crippen molar-refractivity contribution in [2.45, 2.75) is 26.3 Å². The molecule has 1 aliphatic heterocycles. The van der Waals surface area contributed by atoms with Gasteiger partial charge in [0.05, 0.1) is 17.4 Å². The molecule has 0 atom stereocenters. The maximum Gasteiger partial charge on any atom is 0.125 e. The van der Waals surface area contributed by atoms with Gasteiger partial charge < -0.3 is 4.57 Å². The van der Waals surface area contributed by atoms with E-state index in [1.54, 1.807) is 24.5 Å². The van der Waals surface area contributed by atoms with E-state index >= 15 is 0 Å². The Balaban J connectivity index is 0.000000151. The molecule has 1 aromatic heterocycles. The molecule has 0 unspecified atom stereocenters. The van der Waals surface area contributed by atoms with Gasteiger partial charge in [-0.05, 0) is 54.3 Å². The monoisotopic (exact) mass is 353 g/mol. The third kappa shape index (κ3) is 4.42. The van der Waals surface area contributed by atoms with Crippen LogP contribution in [-0.2, 0) is 6.54 Å². The SMILES string of the molecule is CCCn1cnc2cc(F)ccc21.Fc1ccc(C2=CC=NCC2)cc1. The molecule has 3 nitrogen and oxygen atoms in total. The Morgan fingerprint density at radius 1 is 1.04 bits per heavy atom. The highest BCUT2D eigenvalue weighted by atomic mass is 19.1. The van der Waals surface area contributed by atoms with Crippen LogP contribution in [0.15, 0.2) is 59.9 Å². The number of aryl methyl sites for hydroxylation is 1. The van der Waals surface area contributed by atoms with E-state index in [0.29, 0.717) is 0 Å². The minimum absolute atomic E-state index is 0.186. The quantitative estimate of drug-likeness (QED) is 0.631. The van der Waals surface area contributed by atoms with E-state index in [2.05, 4.69) is 16.9 Å². The summed E-state index contributed by atoms with van der Waals surface area (Å²) in [7, 11) is 0. The maximum absolute atomic E-state index is 12.8. The molecular weight excluding hydrogens is 332 g/mol. The number of halogens is 2. The fourth-order valence-corrected chi connectivity index (χ4v) is 2.85. The Labute approximate surface area is 151 Å². The molecule has 0 radical (unpaired) electrons. The summed E-state index contributed by atoms with van der Waals surface area (Å²) < 4.78 is 27.4. The molecule has 2 aromatic carbocycles. The molecule has 26 heavy (non-hydrogen) atoms. The Kier molecular flexibility index (Phi) is 5.89. The average molecular weight is 353 g/mol. The van der Waals surface area contributed by atoms with Crippen molar-refractivity contribution in [2.75, 3.05) is 6.54 Å². The molecule has 0 saturated carbocycles. The van der Waals surface area contributed by atoms with Gasteiger partial charge in [0, 0.05) is 25.4 Å². The van der Waals surface area contributed by atoms with Crippen LogP contribution in [0.2, 0.25) is 0 Å². The molecule has 5 heteroatoms. The van der Waals surface area contributed by atoms with Gasteiger partial charge in [0.1, 0.15) is 11.6 Å². The Morgan fingerprint density at radius 2 is 1.81 bits per heavy atom. The van der Waals surface area contributed by atoms with Gasteiger partial charge in [-0.15, -0.1) is 0 Å². The molecule has 0 spiro atoms. The number of dihydropyridines is 1. The lowest BCUT2D eigenvalue weighted by molar-refractivity contribution is 0.627. The number of hydrogen-bond acceptors (Lipinski definition) is 2. The first kappa shape index (κ1) is 18.0. The Bertz CT molecular complexity index is 924. The zero-order valence-corrected chi connectivity index (χ0v) is 14.7. The Morgan fingerprint density at radius 3 is 2.50 bits per heavy atom. The summed E-state index contributed by atoms with van der Waals surface area (Å²) in [6, 6.07) is 11.3. The van der Waals surface area contributed by atoms with Crippen molar-refractivity contribution < 1.29 is 8.78 Å². The van der Waals surface area contributed by atoms with Crippen LogP contribution >= 0.6 is 0 Å². The Hall–Kier alpha value is -2.82. The molecule has 3 aromatic rings. The van der Waals surface area contributed by atoms with Gasteiger partial charge in [0.15, 0.2) is 0 Å². The third-order valence-electron chi connectivity index (χ3n) is 4.15. The molecule has 0 amide bonds. The van der Waals surface area contributed by atoms with Gasteiger partial charge in [-0.25, -0.2) is 13.8 Å². The lowest BCUT2D eigenvalue weighted by atomic mass is 10.0. The van der Waals surface area contributed by atoms with Crippen molar-refractivity contribution in [1.29, 1.82) is 0 Å². The van der Waals surface area contributed by atoms with E-state index < -0.39 is 0 Å². The highest BCUT2D eigenvalue weighted by Crippen LogP contribution is 2.19. The lowest BCUT2D eigenvalue weighted by Gasteiger charge is -2.08. The molecule has 0 saturated heterocycles. The van der Waals surface area contributed by atoms with Gasteiger partial charge in [0.2, 0.25) is 0 Å². The summed E-state index contributed by atoms with van der Waals surface area (Å²) in [6.45, 7) is 3.88. The van der Waals surface area contributed by atoms with Crippen LogP contribution in [0.25, 0.3) is 16.6 Å². The van der Waals surface area contributed by atoms with Crippen molar-refractivity contribution >= 4 is 22.8 Å². The van der Waals surface area contributed by atoms with Crippen LogP contribution in [0.3, 0.4) is 0 Å². The fraction of sp³-hybridized carbons (Fsp3) is 0.238. The second-order valence-electron chi connectivity index (χ2n) is 6.08. The summed E-state index contributed by atoms with van der Waals surface area (Å²) >= 11 is 0. The summed E-state index contributed by atoms with van der Waals surface area (Å²) in [4.78, 5) is 8.22. The summed E-state index contributed by atoms with van der Waals surface area (Å²) in [5.74, 6) is -0.414. The van der Waals surface area contributed by atoms with Gasteiger partial charge in [-0.2, -0.15) is 0 Å². The topological polar surface area (TPSA) is 30.2 Å². The third-order valence-corrected chi connectivity index (χ3v) is 4.15. The molecule has 4 rings (SSSR count). The highest BCUT2D eigenvalue weighted by Gasteiger charge is 2.03. The number of allylic oxidation sites excluding steroid dienone is 1. The first-order chi connectivity index (χ1) is 12.7. The van der Waals surface area contributed by atoms with Gasteiger partial charge in [-0.3, -0.25) is 4.99 Å². The summed E-state index contributed by atoms with van der Waals surface area (Å²) in [5, 5.41) is 0. The van der Waals surface area contributed by atoms with Crippen LogP contribution in [0.4, 0.5) is 8.78 Å². The van der Waals surface area contributed by atoms with E-state index in [9.17, 15) is 8.78 Å². The van der Waals surface area contributed by atoms with E-state index in [1.807, 2.05) is 16.9 Å². The summed E-state index contributed by atoms with van der Waals surface area (Å²) in [6.07, 6.45) is 7.55. The van der Waals surface area contributed by atoms with Crippen molar-refractivity contribution in [2.24, 2.45) is 4.99 Å². The smallest absolute Gasteiger partial charge is 0.125 e. The van der Waals surface area contributed by atoms with Crippen molar-refractivity contribution in [3.8, 4) is 0 Å². The van der Waals surface area contributed by atoms with Crippen molar-refractivity contribution in [3.05, 3.63) is 72.1 Å². The number of aliphatic imine (C=N–C) groups is 1. The lowest BCUT2D eigenvalue weighted by Crippen LogP contribution is -1.94. The molecule has 134 valence electrons. The number of imidazole rings is 1. The minimum atomic E-state index is -0.228. The molecular formula is C21H21F2N3. The highest BCUT2D eigenvalue weighted by molar-refractivity contribution is 5.86. The maximum atomic E-state index is 12.8. The zero-order chi connectivity index (χ0) is 18.4. The second-order valence-corrected chi connectivity index (χ2v) is 6.08. The van der Waals surface area contributed by atoms with Crippen LogP contribution in [-0.4, -0.2) is 22.3 Å². The van der Waals surface area contributed by atoms with Gasteiger partial charge in [0.25, 0.3) is 0 Å². The number of fused-ring (bicyclic) bond motifs is 1. The number of rotatable bonds is 3. The predicted octanol–water partition coefficient (Wildman–Crippen LogP) is 5.27. The fourth-order valence-electron chi connectivity index (χ4n) is 2.85. The molecule has 0 aliphatic carbocycles. The molecule has 0 N–H and O–H groups in total. The van der Waals surface area contributed by atoms with Crippen molar-refractivity contribution in [3.63, 3.8) is 0 Å². The molecule has 0 bridgehead atoms. The van der Waals surface area contributed by atoms with Gasteiger partial charge >= 0.3 is 0 Å². The standard InChI is InChI=1S/C11H10FN.C10H11FN2/c12-11-3-1-9(2-4-11)10-5-7-13-8-6-10;1-2-5-13-7-12-9-6-8(11)3-4-10(9)13/h1-5,7H,6,8H2;3-4,6-7H,2,5H2,1H3. The van der Waals surface area contributed by atoms with Crippen molar-refractivity contribution in [1.82, 2.24) is 9.55 Å². The first-order valence-electron chi connectivity index (χ1n) is 8.72. The predicted molar refractivity (Wildman–Crippen MR) is 102 cm³/mol. The normalized spacial score (nSPS) is 13.3. The number of hydrogen-bond donors (Lipinski definition) is 0. The van der Waals surface area contributed by atoms with Gasteiger partial charge in [-0.1, -0.05) is 19.1 Å². The van der Waals surface area contributed by atoms with Crippen LogP contribution in [0.1, 0.15) is 25.3 Å². The van der Waals surface area contributed by atoms with Crippen LogP contribution < -0.4 is 0 Å². The van der Waals surface area contributed by atoms with Crippen LogP contribution in [0.5, 0.6) is 0 Å². The van der Waals surface area contributed by atoms with E-state index in [1.165, 1.54) is 29.8 Å². The molecule has 2 heterocycles. The van der Waals surface area contributed by atoms with Crippen LogP contribution in [0, 0.1) is 11.6 Å². The zero-order valence-electron chi connectivity index (χ0n) is 14.7. The number of nitrogens with zero attached hydrogens (tertiary/aromatic N) is 3. The second kappa shape index (κ2) is 8.52. The first-order valence-corrected chi connectivity index (χ1v) is 8.72. The van der Waals surface area contributed by atoms with E-state index in [-0.39, 0.29) is 11.6 Å². The average Bonchev–Trinajstić information content (AvgIpc) is 3.06.